The van der Waals surface area contributed by atoms with Crippen LogP contribution in [0.25, 0.3) is 0 Å². The Kier molecular flexibility index (Phi) is 4.73. The summed E-state index contributed by atoms with van der Waals surface area (Å²) in [6, 6.07) is 5.03. The number of hydrogen-bond acceptors (Lipinski definition) is 4. The predicted octanol–water partition coefficient (Wildman–Crippen LogP) is 2.23. The summed E-state index contributed by atoms with van der Waals surface area (Å²) in [5, 5.41) is 12.1. The van der Waals surface area contributed by atoms with Gasteiger partial charge in [-0.3, -0.25) is 4.79 Å². The van der Waals surface area contributed by atoms with Crippen molar-refractivity contribution in [1.82, 2.24) is 5.32 Å². The van der Waals surface area contributed by atoms with Crippen molar-refractivity contribution in [3.05, 3.63) is 23.8 Å². The third kappa shape index (κ3) is 3.88. The van der Waals surface area contributed by atoms with Crippen LogP contribution in [-0.2, 0) is 11.2 Å². The molecule has 2 rings (SSSR count). The predicted molar refractivity (Wildman–Crippen MR) is 80.1 cm³/mol. The van der Waals surface area contributed by atoms with Crippen molar-refractivity contribution in [3.63, 3.8) is 0 Å². The van der Waals surface area contributed by atoms with Crippen molar-refractivity contribution in [2.24, 2.45) is 0 Å². The Morgan fingerprint density at radius 1 is 1.52 bits per heavy atom. The van der Waals surface area contributed by atoms with Gasteiger partial charge in [-0.2, -0.15) is 0 Å². The second-order valence-electron chi connectivity index (χ2n) is 5.94. The summed E-state index contributed by atoms with van der Waals surface area (Å²) in [6.07, 6.45) is 1.71. The highest BCUT2D eigenvalue weighted by Crippen LogP contribution is 2.41. The molecule has 5 nitrogen and oxygen atoms in total. The Morgan fingerprint density at radius 2 is 2.29 bits per heavy atom. The molecule has 1 unspecified atom stereocenters. The van der Waals surface area contributed by atoms with Gasteiger partial charge in [0.2, 0.25) is 0 Å². The monoisotopic (exact) mass is 293 g/mol. The van der Waals surface area contributed by atoms with E-state index in [0.717, 1.165) is 24.2 Å². The van der Waals surface area contributed by atoms with E-state index in [2.05, 4.69) is 5.32 Å². The Hall–Kier alpha value is -1.75. The van der Waals surface area contributed by atoms with Crippen LogP contribution in [0.5, 0.6) is 11.5 Å². The number of carbonyl (C=O) groups is 1. The molecule has 0 aliphatic carbocycles. The second kappa shape index (κ2) is 6.35. The summed E-state index contributed by atoms with van der Waals surface area (Å²) in [6.45, 7) is 6.78. The summed E-state index contributed by atoms with van der Waals surface area (Å²) in [5.74, 6) is 0.446. The molecule has 1 aromatic carbocycles. The second-order valence-corrected chi connectivity index (χ2v) is 5.94. The third-order valence-corrected chi connectivity index (χ3v) is 3.40. The fraction of sp³-hybridized carbons (Fsp3) is 0.562. The molecule has 1 aliphatic heterocycles. The van der Waals surface area contributed by atoms with Crippen molar-refractivity contribution in [3.8, 4) is 11.5 Å². The number of nitrogens with one attached hydrogen (secondary N) is 1. The SMILES string of the molecule is CCCNC(COc1cccc2c1OC(C)(C)C2)C(=O)O. The van der Waals surface area contributed by atoms with Gasteiger partial charge in [0.05, 0.1) is 0 Å². The van der Waals surface area contributed by atoms with Crippen LogP contribution in [0.2, 0.25) is 0 Å². The first kappa shape index (κ1) is 15.6. The minimum atomic E-state index is -0.905. The first-order valence-electron chi connectivity index (χ1n) is 7.33. The van der Waals surface area contributed by atoms with E-state index in [-0.39, 0.29) is 12.2 Å². The molecule has 0 radical (unpaired) electrons. The number of fused-ring (bicyclic) bond motifs is 1. The quantitative estimate of drug-likeness (QED) is 0.807. The number of aliphatic carboxylic acids is 1. The molecule has 21 heavy (non-hydrogen) atoms. The molecule has 1 heterocycles. The van der Waals surface area contributed by atoms with Crippen molar-refractivity contribution < 1.29 is 19.4 Å². The summed E-state index contributed by atoms with van der Waals surface area (Å²) < 4.78 is 11.6. The number of ether oxygens (including phenoxy) is 2. The number of carboxylic acid groups (broad SMARTS) is 1. The Bertz CT molecular complexity index is 513. The molecule has 5 heteroatoms. The van der Waals surface area contributed by atoms with Gasteiger partial charge in [0, 0.05) is 12.0 Å². The average molecular weight is 293 g/mol. The molecule has 0 bridgehead atoms. The van der Waals surface area contributed by atoms with Gasteiger partial charge in [-0.05, 0) is 32.9 Å². The highest BCUT2D eigenvalue weighted by molar-refractivity contribution is 5.73. The lowest BCUT2D eigenvalue weighted by molar-refractivity contribution is -0.140. The maximum Gasteiger partial charge on any atom is 0.324 e. The number of benzene rings is 1. The van der Waals surface area contributed by atoms with Gasteiger partial charge >= 0.3 is 5.97 Å². The minimum absolute atomic E-state index is 0.0789. The molecular weight excluding hydrogens is 270 g/mol. The standard InChI is InChI=1S/C16H23NO4/c1-4-8-17-12(15(18)19)10-20-13-7-5-6-11-9-16(2,3)21-14(11)13/h5-7,12,17H,4,8-10H2,1-3H3,(H,18,19). The van der Waals surface area contributed by atoms with Gasteiger partial charge in [0.1, 0.15) is 18.2 Å². The molecule has 0 fully saturated rings. The van der Waals surface area contributed by atoms with E-state index in [9.17, 15) is 9.90 Å². The Labute approximate surface area is 125 Å². The maximum atomic E-state index is 11.2. The van der Waals surface area contributed by atoms with E-state index < -0.39 is 12.0 Å². The first-order valence-corrected chi connectivity index (χ1v) is 7.33. The maximum absolute atomic E-state index is 11.2. The van der Waals surface area contributed by atoms with Crippen molar-refractivity contribution in [2.45, 2.75) is 45.3 Å². The lowest BCUT2D eigenvalue weighted by atomic mass is 10.0. The molecule has 1 aliphatic rings. The van der Waals surface area contributed by atoms with Crippen molar-refractivity contribution in [1.29, 1.82) is 0 Å². The number of carboxylic acids is 1. The molecular formula is C16H23NO4. The van der Waals surface area contributed by atoms with Gasteiger partial charge in [-0.25, -0.2) is 0 Å². The van der Waals surface area contributed by atoms with E-state index in [1.807, 2.05) is 39.0 Å². The van der Waals surface area contributed by atoms with Crippen molar-refractivity contribution in [2.75, 3.05) is 13.2 Å². The van der Waals surface area contributed by atoms with Gasteiger partial charge < -0.3 is 19.9 Å². The van der Waals surface area contributed by atoms with E-state index in [1.54, 1.807) is 0 Å². The zero-order chi connectivity index (χ0) is 15.5. The average Bonchev–Trinajstić information content (AvgIpc) is 2.73. The number of hydrogen-bond donors (Lipinski definition) is 2. The Balaban J connectivity index is 2.04. The molecule has 1 atom stereocenters. The normalized spacial score (nSPS) is 16.9. The van der Waals surface area contributed by atoms with Gasteiger partial charge in [0.25, 0.3) is 0 Å². The van der Waals surface area contributed by atoms with Crippen LogP contribution in [0.1, 0.15) is 32.8 Å². The summed E-state index contributed by atoms with van der Waals surface area (Å²) in [5.41, 5.74) is 0.861. The fourth-order valence-corrected chi connectivity index (χ4v) is 2.41. The van der Waals surface area contributed by atoms with Crippen molar-refractivity contribution >= 4 is 5.97 Å². The summed E-state index contributed by atoms with van der Waals surface area (Å²) in [7, 11) is 0. The highest BCUT2D eigenvalue weighted by atomic mass is 16.5. The van der Waals surface area contributed by atoms with E-state index >= 15 is 0 Å². The number of para-hydroxylation sites is 1. The van der Waals surface area contributed by atoms with Crippen LogP contribution in [0.15, 0.2) is 18.2 Å². The zero-order valence-electron chi connectivity index (χ0n) is 12.8. The molecule has 0 amide bonds. The van der Waals surface area contributed by atoms with E-state index in [0.29, 0.717) is 12.3 Å². The van der Waals surface area contributed by atoms with E-state index in [4.69, 9.17) is 9.47 Å². The highest BCUT2D eigenvalue weighted by Gasteiger charge is 2.32. The molecule has 0 aromatic heterocycles. The van der Waals surface area contributed by atoms with Crippen LogP contribution in [0.4, 0.5) is 0 Å². The largest absolute Gasteiger partial charge is 0.487 e. The molecule has 0 saturated heterocycles. The lowest BCUT2D eigenvalue weighted by Gasteiger charge is -2.19. The molecule has 1 aromatic rings. The third-order valence-electron chi connectivity index (χ3n) is 3.40. The lowest BCUT2D eigenvalue weighted by Crippen LogP contribution is -2.41. The minimum Gasteiger partial charge on any atom is -0.487 e. The van der Waals surface area contributed by atoms with Crippen LogP contribution in [0, 0.1) is 0 Å². The smallest absolute Gasteiger partial charge is 0.324 e. The van der Waals surface area contributed by atoms with Gasteiger partial charge in [0.15, 0.2) is 11.5 Å². The fourth-order valence-electron chi connectivity index (χ4n) is 2.41. The van der Waals surface area contributed by atoms with E-state index in [1.165, 1.54) is 0 Å². The molecule has 116 valence electrons. The molecule has 2 N–H and O–H groups in total. The summed E-state index contributed by atoms with van der Waals surface area (Å²) >= 11 is 0. The topological polar surface area (TPSA) is 67.8 Å². The summed E-state index contributed by atoms with van der Waals surface area (Å²) in [4.78, 5) is 11.2. The first-order chi connectivity index (χ1) is 9.93. The van der Waals surface area contributed by atoms with Crippen LogP contribution < -0.4 is 14.8 Å². The van der Waals surface area contributed by atoms with Gasteiger partial charge in [-0.1, -0.05) is 19.1 Å². The van der Waals surface area contributed by atoms with Crippen LogP contribution in [-0.4, -0.2) is 35.9 Å². The molecule has 0 saturated carbocycles. The molecule has 0 spiro atoms. The number of rotatable bonds is 7. The Morgan fingerprint density at radius 3 is 2.95 bits per heavy atom. The van der Waals surface area contributed by atoms with Gasteiger partial charge in [-0.15, -0.1) is 0 Å². The van der Waals surface area contributed by atoms with Crippen LogP contribution >= 0.6 is 0 Å². The van der Waals surface area contributed by atoms with Crippen LogP contribution in [0.3, 0.4) is 0 Å². The zero-order valence-corrected chi connectivity index (χ0v) is 12.8.